The van der Waals surface area contributed by atoms with Gasteiger partial charge in [-0.2, -0.15) is 0 Å². The smallest absolute Gasteiger partial charge is 0.307 e. The van der Waals surface area contributed by atoms with Gasteiger partial charge in [-0.1, -0.05) is 48.5 Å². The van der Waals surface area contributed by atoms with Crippen molar-refractivity contribution in [2.45, 2.75) is 12.8 Å². The number of carbonyl (C=O) groups is 2. The van der Waals surface area contributed by atoms with Crippen LogP contribution in [0.4, 0.5) is 5.69 Å². The third kappa shape index (κ3) is 3.95. The predicted molar refractivity (Wildman–Crippen MR) is 76.6 cm³/mol. The number of para-hydroxylation sites is 1. The molecule has 4 heteroatoms. The molecule has 20 heavy (non-hydrogen) atoms. The Balaban J connectivity index is 2.06. The fourth-order valence-electron chi connectivity index (χ4n) is 1.93. The topological polar surface area (TPSA) is 66.4 Å². The quantitative estimate of drug-likeness (QED) is 0.876. The van der Waals surface area contributed by atoms with E-state index in [-0.39, 0.29) is 18.7 Å². The standard InChI is InChI=1S/C16H15NO3/c18-15(10-12-6-2-1-3-7-12)17-14-9-5-4-8-13(14)11-16(19)20/h1-9H,10-11H2,(H,17,18)(H,19,20). The molecule has 0 spiro atoms. The highest BCUT2D eigenvalue weighted by molar-refractivity contribution is 5.93. The molecule has 0 atom stereocenters. The number of benzene rings is 2. The summed E-state index contributed by atoms with van der Waals surface area (Å²) in [6.45, 7) is 0. The van der Waals surface area contributed by atoms with Crippen molar-refractivity contribution in [3.63, 3.8) is 0 Å². The molecule has 1 amide bonds. The Morgan fingerprint density at radius 2 is 1.55 bits per heavy atom. The zero-order valence-corrected chi connectivity index (χ0v) is 10.9. The third-order valence-corrected chi connectivity index (χ3v) is 2.84. The van der Waals surface area contributed by atoms with Crippen LogP contribution in [0.1, 0.15) is 11.1 Å². The van der Waals surface area contributed by atoms with E-state index in [4.69, 9.17) is 5.11 Å². The summed E-state index contributed by atoms with van der Waals surface area (Å²) in [6, 6.07) is 16.3. The van der Waals surface area contributed by atoms with Crippen LogP contribution in [0.5, 0.6) is 0 Å². The van der Waals surface area contributed by atoms with Crippen molar-refractivity contribution in [3.05, 3.63) is 65.7 Å². The Labute approximate surface area is 117 Å². The SMILES string of the molecule is O=C(O)Cc1ccccc1NC(=O)Cc1ccccc1. The van der Waals surface area contributed by atoms with Gasteiger partial charge in [0, 0.05) is 5.69 Å². The van der Waals surface area contributed by atoms with Crippen LogP contribution >= 0.6 is 0 Å². The summed E-state index contributed by atoms with van der Waals surface area (Å²) in [6.07, 6.45) is 0.157. The Kier molecular flexibility index (Phi) is 4.50. The van der Waals surface area contributed by atoms with Gasteiger partial charge in [0.05, 0.1) is 12.8 Å². The van der Waals surface area contributed by atoms with Gasteiger partial charge < -0.3 is 10.4 Å². The molecule has 0 fully saturated rings. The number of rotatable bonds is 5. The molecular weight excluding hydrogens is 254 g/mol. The Morgan fingerprint density at radius 3 is 2.25 bits per heavy atom. The lowest BCUT2D eigenvalue weighted by atomic mass is 10.1. The average Bonchev–Trinajstić information content (AvgIpc) is 2.41. The van der Waals surface area contributed by atoms with E-state index in [1.807, 2.05) is 30.3 Å². The number of aliphatic carboxylic acids is 1. The summed E-state index contributed by atoms with van der Waals surface area (Å²) in [5, 5.41) is 11.6. The summed E-state index contributed by atoms with van der Waals surface area (Å²) in [7, 11) is 0. The number of hydrogen-bond acceptors (Lipinski definition) is 2. The lowest BCUT2D eigenvalue weighted by Gasteiger charge is -2.09. The Bertz CT molecular complexity index is 608. The van der Waals surface area contributed by atoms with E-state index in [0.717, 1.165) is 5.56 Å². The number of hydrogen-bond donors (Lipinski definition) is 2. The van der Waals surface area contributed by atoms with Crippen molar-refractivity contribution in [1.82, 2.24) is 0 Å². The van der Waals surface area contributed by atoms with Crippen LogP contribution < -0.4 is 5.32 Å². The summed E-state index contributed by atoms with van der Waals surface area (Å²) in [5.41, 5.74) is 2.07. The molecule has 0 radical (unpaired) electrons. The van der Waals surface area contributed by atoms with Gasteiger partial charge in [0.1, 0.15) is 0 Å². The van der Waals surface area contributed by atoms with Gasteiger partial charge in [-0.05, 0) is 17.2 Å². The van der Waals surface area contributed by atoms with Crippen LogP contribution in [0.25, 0.3) is 0 Å². The molecule has 0 aromatic heterocycles. The van der Waals surface area contributed by atoms with Gasteiger partial charge in [0.15, 0.2) is 0 Å². The van der Waals surface area contributed by atoms with E-state index in [0.29, 0.717) is 11.3 Å². The van der Waals surface area contributed by atoms with Crippen LogP contribution in [0.15, 0.2) is 54.6 Å². The Morgan fingerprint density at radius 1 is 0.900 bits per heavy atom. The first-order valence-corrected chi connectivity index (χ1v) is 6.28. The van der Waals surface area contributed by atoms with Crippen molar-refractivity contribution in [2.24, 2.45) is 0 Å². The highest BCUT2D eigenvalue weighted by Crippen LogP contribution is 2.16. The molecule has 102 valence electrons. The van der Waals surface area contributed by atoms with E-state index < -0.39 is 5.97 Å². The first kappa shape index (κ1) is 13.8. The van der Waals surface area contributed by atoms with E-state index in [1.165, 1.54) is 0 Å². The number of nitrogens with one attached hydrogen (secondary N) is 1. The predicted octanol–water partition coefficient (Wildman–Crippen LogP) is 2.49. The van der Waals surface area contributed by atoms with E-state index in [9.17, 15) is 9.59 Å². The van der Waals surface area contributed by atoms with Crippen LogP contribution in [-0.2, 0) is 22.4 Å². The van der Waals surface area contributed by atoms with Crippen molar-refractivity contribution in [2.75, 3.05) is 5.32 Å². The molecule has 0 bridgehead atoms. The van der Waals surface area contributed by atoms with Crippen LogP contribution in [0.3, 0.4) is 0 Å². The number of amides is 1. The van der Waals surface area contributed by atoms with Gasteiger partial charge >= 0.3 is 5.97 Å². The highest BCUT2D eigenvalue weighted by Gasteiger charge is 2.09. The van der Waals surface area contributed by atoms with Gasteiger partial charge in [0.2, 0.25) is 5.91 Å². The molecule has 0 saturated carbocycles. The molecule has 2 rings (SSSR count). The molecule has 0 aliphatic carbocycles. The largest absolute Gasteiger partial charge is 0.481 e. The molecule has 2 aromatic rings. The second-order valence-electron chi connectivity index (χ2n) is 4.44. The van der Waals surface area contributed by atoms with Crippen molar-refractivity contribution in [3.8, 4) is 0 Å². The lowest BCUT2D eigenvalue weighted by Crippen LogP contribution is -2.16. The first-order valence-electron chi connectivity index (χ1n) is 6.28. The van der Waals surface area contributed by atoms with Crippen LogP contribution in [-0.4, -0.2) is 17.0 Å². The minimum Gasteiger partial charge on any atom is -0.481 e. The van der Waals surface area contributed by atoms with Gasteiger partial charge in [-0.25, -0.2) is 0 Å². The van der Waals surface area contributed by atoms with Crippen molar-refractivity contribution >= 4 is 17.6 Å². The molecule has 2 N–H and O–H groups in total. The van der Waals surface area contributed by atoms with Crippen LogP contribution in [0.2, 0.25) is 0 Å². The molecule has 0 aliphatic rings. The molecular formula is C16H15NO3. The van der Waals surface area contributed by atoms with E-state index in [2.05, 4.69) is 5.32 Å². The normalized spacial score (nSPS) is 10.0. The molecule has 0 heterocycles. The zero-order valence-electron chi connectivity index (χ0n) is 10.9. The minimum absolute atomic E-state index is 0.109. The van der Waals surface area contributed by atoms with Crippen molar-refractivity contribution in [1.29, 1.82) is 0 Å². The van der Waals surface area contributed by atoms with Crippen LogP contribution in [0, 0.1) is 0 Å². The van der Waals surface area contributed by atoms with Gasteiger partial charge in [-0.15, -0.1) is 0 Å². The number of carboxylic acids is 1. The zero-order chi connectivity index (χ0) is 14.4. The fraction of sp³-hybridized carbons (Fsp3) is 0.125. The third-order valence-electron chi connectivity index (χ3n) is 2.84. The molecule has 2 aromatic carbocycles. The van der Waals surface area contributed by atoms with E-state index >= 15 is 0 Å². The summed E-state index contributed by atoms with van der Waals surface area (Å²) >= 11 is 0. The lowest BCUT2D eigenvalue weighted by molar-refractivity contribution is -0.136. The van der Waals surface area contributed by atoms with Crippen molar-refractivity contribution < 1.29 is 14.7 Å². The average molecular weight is 269 g/mol. The summed E-state index contributed by atoms with van der Waals surface area (Å²) in [4.78, 5) is 22.7. The molecule has 0 aliphatic heterocycles. The maximum absolute atomic E-state index is 12.0. The summed E-state index contributed by atoms with van der Waals surface area (Å²) in [5.74, 6) is -1.08. The minimum atomic E-state index is -0.922. The highest BCUT2D eigenvalue weighted by atomic mass is 16.4. The Hall–Kier alpha value is -2.62. The summed E-state index contributed by atoms with van der Waals surface area (Å²) < 4.78 is 0. The number of carbonyl (C=O) groups excluding carboxylic acids is 1. The second kappa shape index (κ2) is 6.52. The first-order chi connectivity index (χ1) is 9.65. The number of carboxylic acid groups (broad SMARTS) is 1. The van der Waals surface area contributed by atoms with E-state index in [1.54, 1.807) is 24.3 Å². The van der Waals surface area contributed by atoms with Gasteiger partial charge in [-0.3, -0.25) is 9.59 Å². The maximum Gasteiger partial charge on any atom is 0.307 e. The maximum atomic E-state index is 12.0. The number of anilines is 1. The molecule has 0 saturated heterocycles. The fourth-order valence-corrected chi connectivity index (χ4v) is 1.93. The van der Waals surface area contributed by atoms with Gasteiger partial charge in [0.25, 0.3) is 0 Å². The second-order valence-corrected chi connectivity index (χ2v) is 4.44. The monoisotopic (exact) mass is 269 g/mol. The molecule has 0 unspecified atom stereocenters. The molecule has 4 nitrogen and oxygen atoms in total.